The van der Waals surface area contributed by atoms with E-state index in [2.05, 4.69) is 34.1 Å². The van der Waals surface area contributed by atoms with Crippen LogP contribution in [0, 0.1) is 36.9 Å². The molecule has 4 rings (SSSR count). The zero-order valence-corrected chi connectivity index (χ0v) is 17.5. The molecule has 32 heavy (non-hydrogen) atoms. The molecule has 9 heteroatoms. The molecular formula is C23H21FN6O2. The van der Waals surface area contributed by atoms with Crippen LogP contribution in [-0.2, 0) is 0 Å². The number of carbonyl (C=O) groups is 1. The number of nitrogens with zero attached hydrogens (tertiary/aromatic N) is 6. The number of hydrogen-bond donors (Lipinski definition) is 0. The van der Waals surface area contributed by atoms with Crippen LogP contribution in [0.1, 0.15) is 34.3 Å². The quantitative estimate of drug-likeness (QED) is 0.588. The Balaban J connectivity index is 0.00000141. The van der Waals surface area contributed by atoms with E-state index >= 15 is 0 Å². The van der Waals surface area contributed by atoms with Crippen molar-refractivity contribution in [2.45, 2.75) is 25.9 Å². The SMILES string of the molecule is C#C.Cc1c(C#N)ccnc1O[C@@H]1CCCN(C(=O)c2ccc(F)cc2-n2nccn2)C1. The van der Waals surface area contributed by atoms with Crippen molar-refractivity contribution in [1.29, 1.82) is 5.26 Å². The molecule has 3 aromatic rings. The summed E-state index contributed by atoms with van der Waals surface area (Å²) in [7, 11) is 0. The highest BCUT2D eigenvalue weighted by atomic mass is 19.1. The monoisotopic (exact) mass is 432 g/mol. The zero-order valence-electron chi connectivity index (χ0n) is 17.5. The van der Waals surface area contributed by atoms with Crippen LogP contribution in [0.4, 0.5) is 4.39 Å². The Kier molecular flexibility index (Phi) is 7.14. The van der Waals surface area contributed by atoms with Crippen LogP contribution in [0.25, 0.3) is 5.69 Å². The second kappa shape index (κ2) is 10.2. The standard InChI is InChI=1S/C21H19FN6O2.C2H2/c1-14-15(12-23)6-7-24-20(14)30-17-3-2-10-27(13-17)21(29)18-5-4-16(22)11-19(18)28-25-8-9-26-28;1-2/h4-9,11,17H,2-3,10,13H2,1H3;1-2H/t17-;/m1./s1. The van der Waals surface area contributed by atoms with Gasteiger partial charge in [0.2, 0.25) is 5.88 Å². The lowest BCUT2D eigenvalue weighted by Gasteiger charge is -2.33. The van der Waals surface area contributed by atoms with E-state index in [1.54, 1.807) is 17.9 Å². The van der Waals surface area contributed by atoms with Gasteiger partial charge in [0.05, 0.1) is 36.1 Å². The van der Waals surface area contributed by atoms with Crippen molar-refractivity contribution < 1.29 is 13.9 Å². The Morgan fingerprint density at radius 1 is 1.25 bits per heavy atom. The van der Waals surface area contributed by atoms with Gasteiger partial charge in [-0.1, -0.05) is 0 Å². The van der Waals surface area contributed by atoms with Crippen molar-refractivity contribution in [2.24, 2.45) is 0 Å². The summed E-state index contributed by atoms with van der Waals surface area (Å²) in [5.74, 6) is -0.319. The van der Waals surface area contributed by atoms with Crippen LogP contribution in [-0.4, -0.2) is 50.0 Å². The van der Waals surface area contributed by atoms with Gasteiger partial charge in [-0.25, -0.2) is 9.37 Å². The molecule has 1 atom stereocenters. The summed E-state index contributed by atoms with van der Waals surface area (Å²) in [5.41, 5.74) is 1.78. The van der Waals surface area contributed by atoms with Gasteiger partial charge in [0.1, 0.15) is 17.6 Å². The van der Waals surface area contributed by atoms with Crippen molar-refractivity contribution in [3.63, 3.8) is 0 Å². The molecule has 0 bridgehead atoms. The van der Waals surface area contributed by atoms with Crippen LogP contribution < -0.4 is 4.74 Å². The molecule has 1 saturated heterocycles. The minimum atomic E-state index is -0.474. The maximum Gasteiger partial charge on any atom is 0.256 e. The van der Waals surface area contributed by atoms with Gasteiger partial charge in [-0.3, -0.25) is 4.79 Å². The molecule has 0 N–H and O–H groups in total. The summed E-state index contributed by atoms with van der Waals surface area (Å²) in [6, 6.07) is 7.69. The highest BCUT2D eigenvalue weighted by molar-refractivity contribution is 5.97. The first kappa shape index (κ1) is 22.4. The number of halogens is 1. The average molecular weight is 432 g/mol. The van der Waals surface area contributed by atoms with Gasteiger partial charge >= 0.3 is 0 Å². The Morgan fingerprint density at radius 2 is 2.00 bits per heavy atom. The first-order chi connectivity index (χ1) is 15.6. The normalized spacial score (nSPS) is 15.2. The Hall–Kier alpha value is -4.24. The molecule has 1 aromatic carbocycles. The predicted octanol–water partition coefficient (Wildman–Crippen LogP) is 2.91. The molecule has 0 aliphatic carbocycles. The van der Waals surface area contributed by atoms with Crippen molar-refractivity contribution in [3.8, 4) is 30.5 Å². The Bertz CT molecular complexity index is 1150. The molecule has 0 spiro atoms. The van der Waals surface area contributed by atoms with E-state index in [4.69, 9.17) is 4.74 Å². The minimum Gasteiger partial charge on any atom is -0.472 e. The van der Waals surface area contributed by atoms with E-state index in [-0.39, 0.29) is 17.7 Å². The lowest BCUT2D eigenvalue weighted by molar-refractivity contribution is 0.0526. The fourth-order valence-corrected chi connectivity index (χ4v) is 3.49. The first-order valence-corrected chi connectivity index (χ1v) is 9.88. The van der Waals surface area contributed by atoms with E-state index in [0.717, 1.165) is 12.8 Å². The molecule has 162 valence electrons. The summed E-state index contributed by atoms with van der Waals surface area (Å²) >= 11 is 0. The van der Waals surface area contributed by atoms with Crippen molar-refractivity contribution in [1.82, 2.24) is 24.9 Å². The number of hydrogen-bond acceptors (Lipinski definition) is 6. The molecule has 3 heterocycles. The van der Waals surface area contributed by atoms with E-state index in [1.165, 1.54) is 41.6 Å². The molecule has 1 aliphatic rings. The van der Waals surface area contributed by atoms with E-state index < -0.39 is 5.82 Å². The Labute approximate surface area is 185 Å². The topological polar surface area (TPSA) is 96.9 Å². The minimum absolute atomic E-state index is 0.244. The maximum atomic E-state index is 13.8. The molecule has 1 amide bonds. The number of ether oxygens (including phenoxy) is 1. The van der Waals surface area contributed by atoms with Gasteiger partial charge in [-0.15, -0.1) is 12.8 Å². The molecule has 1 aliphatic heterocycles. The van der Waals surface area contributed by atoms with Gasteiger partial charge < -0.3 is 9.64 Å². The van der Waals surface area contributed by atoms with Crippen LogP contribution in [0.2, 0.25) is 0 Å². The fraction of sp³-hybridized carbons (Fsp3) is 0.261. The number of nitriles is 1. The summed E-state index contributed by atoms with van der Waals surface area (Å²) in [5, 5.41) is 17.2. The first-order valence-electron chi connectivity index (χ1n) is 9.88. The summed E-state index contributed by atoms with van der Waals surface area (Å²) in [6.45, 7) is 2.71. The van der Waals surface area contributed by atoms with Crippen molar-refractivity contribution in [2.75, 3.05) is 13.1 Å². The second-order valence-corrected chi connectivity index (χ2v) is 7.01. The number of terminal acetylenes is 1. The third-order valence-corrected chi connectivity index (χ3v) is 5.05. The lowest BCUT2D eigenvalue weighted by Crippen LogP contribution is -2.44. The second-order valence-electron chi connectivity index (χ2n) is 7.01. The number of amides is 1. The van der Waals surface area contributed by atoms with Gasteiger partial charge in [-0.2, -0.15) is 20.3 Å². The predicted molar refractivity (Wildman–Crippen MR) is 114 cm³/mol. The van der Waals surface area contributed by atoms with Crippen LogP contribution in [0.15, 0.2) is 42.9 Å². The molecule has 0 saturated carbocycles. The number of benzene rings is 1. The molecule has 8 nitrogen and oxygen atoms in total. The number of likely N-dealkylation sites (tertiary alicyclic amines) is 1. The highest BCUT2D eigenvalue weighted by Gasteiger charge is 2.28. The van der Waals surface area contributed by atoms with Gasteiger partial charge in [0.15, 0.2) is 0 Å². The molecule has 0 radical (unpaired) electrons. The molecule has 2 aromatic heterocycles. The van der Waals surface area contributed by atoms with Crippen molar-refractivity contribution in [3.05, 3.63) is 65.4 Å². The third kappa shape index (κ3) is 4.73. The Morgan fingerprint density at radius 3 is 2.72 bits per heavy atom. The van der Waals surface area contributed by atoms with E-state index in [0.29, 0.717) is 35.7 Å². The maximum absolute atomic E-state index is 13.8. The van der Waals surface area contributed by atoms with Gasteiger partial charge in [0, 0.05) is 24.4 Å². The lowest BCUT2D eigenvalue weighted by atomic mass is 10.1. The third-order valence-electron chi connectivity index (χ3n) is 5.05. The fourth-order valence-electron chi connectivity index (χ4n) is 3.49. The average Bonchev–Trinajstić information content (AvgIpc) is 3.36. The van der Waals surface area contributed by atoms with Crippen molar-refractivity contribution >= 4 is 5.91 Å². The molecular weight excluding hydrogens is 411 g/mol. The number of rotatable bonds is 4. The summed E-state index contributed by atoms with van der Waals surface area (Å²) in [4.78, 5) is 20.4. The summed E-state index contributed by atoms with van der Waals surface area (Å²) < 4.78 is 19.8. The number of piperidine rings is 1. The zero-order chi connectivity index (χ0) is 23.1. The molecule has 0 unspecified atom stereocenters. The number of pyridine rings is 1. The van der Waals surface area contributed by atoms with E-state index in [9.17, 15) is 14.4 Å². The smallest absolute Gasteiger partial charge is 0.256 e. The molecule has 1 fully saturated rings. The number of carbonyl (C=O) groups excluding carboxylic acids is 1. The van der Waals surface area contributed by atoms with E-state index in [1.807, 2.05) is 0 Å². The van der Waals surface area contributed by atoms with Crippen LogP contribution >= 0.6 is 0 Å². The largest absolute Gasteiger partial charge is 0.472 e. The van der Waals surface area contributed by atoms with Crippen LogP contribution in [0.3, 0.4) is 0 Å². The number of aromatic nitrogens is 4. The van der Waals surface area contributed by atoms with Gasteiger partial charge in [0.25, 0.3) is 5.91 Å². The van der Waals surface area contributed by atoms with Gasteiger partial charge in [-0.05, 0) is 38.0 Å². The highest BCUT2D eigenvalue weighted by Crippen LogP contribution is 2.24. The van der Waals surface area contributed by atoms with Crippen LogP contribution in [0.5, 0.6) is 5.88 Å². The summed E-state index contributed by atoms with van der Waals surface area (Å²) in [6.07, 6.45) is 13.7.